The van der Waals surface area contributed by atoms with Crippen molar-refractivity contribution < 1.29 is 8.42 Å². The highest BCUT2D eigenvalue weighted by Crippen LogP contribution is 2.22. The van der Waals surface area contributed by atoms with Crippen molar-refractivity contribution in [2.24, 2.45) is 5.14 Å². The summed E-state index contributed by atoms with van der Waals surface area (Å²) in [5, 5.41) is 12.9. The summed E-state index contributed by atoms with van der Waals surface area (Å²) in [6, 6.07) is 17.6. The minimum atomic E-state index is -3.73. The van der Waals surface area contributed by atoms with Gasteiger partial charge in [0.15, 0.2) is 5.82 Å². The maximum Gasteiger partial charge on any atom is 0.254 e. The Balaban J connectivity index is 1.74. The van der Waals surface area contributed by atoms with Gasteiger partial charge in [0.1, 0.15) is 5.82 Å². The number of aromatic nitrogens is 4. The number of aryl methyl sites for hydroxylation is 1. The van der Waals surface area contributed by atoms with E-state index >= 15 is 0 Å². The van der Waals surface area contributed by atoms with Crippen molar-refractivity contribution in [1.82, 2.24) is 19.6 Å². The third-order valence-corrected chi connectivity index (χ3v) is 4.86. The van der Waals surface area contributed by atoms with E-state index in [4.69, 9.17) is 5.14 Å². The van der Waals surface area contributed by atoms with Crippen molar-refractivity contribution in [3.05, 3.63) is 66.4 Å². The van der Waals surface area contributed by atoms with Gasteiger partial charge < -0.3 is 5.32 Å². The summed E-state index contributed by atoms with van der Waals surface area (Å²) in [5.74, 6) is 1.70. The molecule has 0 spiro atoms. The van der Waals surface area contributed by atoms with E-state index < -0.39 is 10.0 Å². The molecule has 4 aromatic rings. The van der Waals surface area contributed by atoms with Crippen LogP contribution in [0.1, 0.15) is 5.69 Å². The number of fused-ring (bicyclic) bond motifs is 1. The number of hydrogen-bond donors (Lipinski definition) is 2. The lowest BCUT2D eigenvalue weighted by Gasteiger charge is -2.09. The fourth-order valence-electron chi connectivity index (χ4n) is 2.66. The van der Waals surface area contributed by atoms with Crippen molar-refractivity contribution in [2.45, 2.75) is 11.8 Å². The molecule has 0 saturated heterocycles. The Morgan fingerprint density at radius 3 is 2.37 bits per heavy atom. The van der Waals surface area contributed by atoms with Gasteiger partial charge >= 0.3 is 0 Å². The van der Waals surface area contributed by atoms with Crippen LogP contribution in [0.4, 0.5) is 11.5 Å². The molecule has 0 aliphatic rings. The molecular weight excluding hydrogens is 364 g/mol. The molecular formula is C18H16N6O2S. The number of nitrogens with zero attached hydrogens (tertiary/aromatic N) is 4. The minimum Gasteiger partial charge on any atom is -0.340 e. The van der Waals surface area contributed by atoms with E-state index in [1.165, 1.54) is 12.1 Å². The third kappa shape index (κ3) is 3.50. The van der Waals surface area contributed by atoms with Gasteiger partial charge in [-0.25, -0.2) is 18.5 Å². The second-order valence-corrected chi connectivity index (χ2v) is 7.55. The fourth-order valence-corrected chi connectivity index (χ4v) is 3.18. The number of hydrogen-bond acceptors (Lipinski definition) is 6. The van der Waals surface area contributed by atoms with Gasteiger partial charge in [0.05, 0.1) is 4.90 Å². The van der Waals surface area contributed by atoms with Crippen molar-refractivity contribution in [1.29, 1.82) is 0 Å². The first-order chi connectivity index (χ1) is 12.9. The van der Waals surface area contributed by atoms with Crippen molar-refractivity contribution in [3.63, 3.8) is 0 Å². The second kappa shape index (κ2) is 6.45. The van der Waals surface area contributed by atoms with E-state index in [1.807, 2.05) is 43.3 Å². The molecule has 0 unspecified atom stereocenters. The van der Waals surface area contributed by atoms with Crippen molar-refractivity contribution >= 4 is 27.3 Å². The molecule has 0 radical (unpaired) electrons. The first-order valence-electron chi connectivity index (χ1n) is 8.10. The predicted octanol–water partition coefficient (Wildman–Crippen LogP) is 2.49. The summed E-state index contributed by atoms with van der Waals surface area (Å²) in [6.07, 6.45) is 0. The molecule has 27 heavy (non-hydrogen) atoms. The van der Waals surface area contributed by atoms with Crippen LogP contribution in [0.25, 0.3) is 17.2 Å². The molecule has 2 aromatic heterocycles. The van der Waals surface area contributed by atoms with Crippen LogP contribution in [-0.4, -0.2) is 28.0 Å². The summed E-state index contributed by atoms with van der Waals surface area (Å²) >= 11 is 0. The number of nitrogens with one attached hydrogen (secondary N) is 1. The topological polar surface area (TPSA) is 115 Å². The van der Waals surface area contributed by atoms with E-state index in [9.17, 15) is 8.42 Å². The number of benzene rings is 2. The highest BCUT2D eigenvalue weighted by Gasteiger charge is 2.12. The second-order valence-electron chi connectivity index (χ2n) is 5.99. The molecule has 0 aliphatic heterocycles. The molecule has 2 aromatic carbocycles. The zero-order valence-corrected chi connectivity index (χ0v) is 15.2. The summed E-state index contributed by atoms with van der Waals surface area (Å²) in [5.41, 5.74) is 2.35. The van der Waals surface area contributed by atoms with Gasteiger partial charge in [0.2, 0.25) is 10.0 Å². The molecule has 9 heteroatoms. The van der Waals surface area contributed by atoms with Gasteiger partial charge in [0, 0.05) is 23.0 Å². The van der Waals surface area contributed by atoms with Crippen LogP contribution in [0.5, 0.6) is 0 Å². The molecule has 0 atom stereocenters. The molecule has 0 amide bonds. The van der Waals surface area contributed by atoms with Crippen molar-refractivity contribution in [2.75, 3.05) is 5.32 Å². The zero-order chi connectivity index (χ0) is 19.0. The van der Waals surface area contributed by atoms with E-state index in [0.717, 1.165) is 11.3 Å². The quantitative estimate of drug-likeness (QED) is 0.562. The van der Waals surface area contributed by atoms with Crippen LogP contribution in [0.3, 0.4) is 0 Å². The minimum absolute atomic E-state index is 0.0521. The fraction of sp³-hybridized carbons (Fsp3) is 0.0556. The molecule has 0 bridgehead atoms. The molecule has 136 valence electrons. The largest absolute Gasteiger partial charge is 0.340 e. The Kier molecular flexibility index (Phi) is 4.09. The van der Waals surface area contributed by atoms with E-state index in [2.05, 4.69) is 20.4 Å². The number of rotatable bonds is 4. The van der Waals surface area contributed by atoms with Crippen LogP contribution in [0.15, 0.2) is 65.6 Å². The number of nitrogens with two attached hydrogens (primary N) is 1. The lowest BCUT2D eigenvalue weighted by Crippen LogP contribution is -2.11. The van der Waals surface area contributed by atoms with Crippen LogP contribution in [0, 0.1) is 6.92 Å². The molecule has 4 rings (SSSR count). The molecule has 0 aliphatic carbocycles. The van der Waals surface area contributed by atoms with Gasteiger partial charge in [-0.05, 0) is 31.2 Å². The summed E-state index contributed by atoms with van der Waals surface area (Å²) in [4.78, 5) is 8.97. The van der Waals surface area contributed by atoms with E-state index in [-0.39, 0.29) is 4.90 Å². The maximum atomic E-state index is 11.4. The first-order valence-corrected chi connectivity index (χ1v) is 9.64. The molecule has 0 fully saturated rings. The maximum absolute atomic E-state index is 11.4. The number of anilines is 2. The average molecular weight is 380 g/mol. The molecule has 3 N–H and O–H groups in total. The van der Waals surface area contributed by atoms with Gasteiger partial charge in [-0.15, -0.1) is 5.10 Å². The van der Waals surface area contributed by atoms with E-state index in [0.29, 0.717) is 23.1 Å². The number of primary sulfonamides is 1. The van der Waals surface area contributed by atoms with Crippen molar-refractivity contribution in [3.8, 4) is 11.4 Å². The summed E-state index contributed by atoms with van der Waals surface area (Å²) in [6.45, 7) is 1.87. The SMILES string of the molecule is Cc1cc(Nc2ccc(S(N)(=O)=O)cc2)n2nc(-c3ccccc3)nc2n1. The van der Waals surface area contributed by atoms with E-state index in [1.54, 1.807) is 16.6 Å². The van der Waals surface area contributed by atoms with Crippen LogP contribution in [0.2, 0.25) is 0 Å². The summed E-state index contributed by atoms with van der Waals surface area (Å²) < 4.78 is 24.4. The lowest BCUT2D eigenvalue weighted by molar-refractivity contribution is 0.598. The van der Waals surface area contributed by atoms with Gasteiger partial charge in [-0.3, -0.25) is 0 Å². The molecule has 8 nitrogen and oxygen atoms in total. The lowest BCUT2D eigenvalue weighted by atomic mass is 10.2. The Labute approximate surface area is 155 Å². The van der Waals surface area contributed by atoms with Crippen LogP contribution < -0.4 is 10.5 Å². The Hall–Kier alpha value is -3.30. The number of sulfonamides is 1. The Morgan fingerprint density at radius 2 is 1.70 bits per heavy atom. The van der Waals surface area contributed by atoms with Gasteiger partial charge in [-0.1, -0.05) is 30.3 Å². The predicted molar refractivity (Wildman–Crippen MR) is 102 cm³/mol. The van der Waals surface area contributed by atoms with Crippen LogP contribution >= 0.6 is 0 Å². The highest BCUT2D eigenvalue weighted by atomic mass is 32.2. The Morgan fingerprint density at radius 1 is 1.00 bits per heavy atom. The average Bonchev–Trinajstić information content (AvgIpc) is 3.06. The normalized spacial score (nSPS) is 11.6. The summed E-state index contributed by atoms with van der Waals surface area (Å²) in [7, 11) is -3.73. The molecule has 2 heterocycles. The third-order valence-electron chi connectivity index (χ3n) is 3.93. The van der Waals surface area contributed by atoms with Crippen LogP contribution in [-0.2, 0) is 10.0 Å². The van der Waals surface area contributed by atoms with Gasteiger partial charge in [0.25, 0.3) is 5.78 Å². The molecule has 0 saturated carbocycles. The standard InChI is InChI=1S/C18H16N6O2S/c1-12-11-16(21-14-7-9-15(10-8-14)27(19,25)26)24-18(20-12)22-17(23-24)13-5-3-2-4-6-13/h2-11,21H,1H3,(H2,19,25,26). The smallest absolute Gasteiger partial charge is 0.254 e. The monoisotopic (exact) mass is 380 g/mol. The first kappa shape index (κ1) is 17.1. The van der Waals surface area contributed by atoms with Gasteiger partial charge in [-0.2, -0.15) is 9.50 Å². The zero-order valence-electron chi connectivity index (χ0n) is 14.4. The Bertz CT molecular complexity index is 1220. The highest BCUT2D eigenvalue weighted by molar-refractivity contribution is 7.89.